The molecule has 1 rings (SSSR count). The first-order chi connectivity index (χ1) is 8.40. The Morgan fingerprint density at radius 1 is 0.889 bits per heavy atom. The average molecular weight is 250 g/mol. The number of nitrogen functional groups attached to an aromatic ring is 2. The molecule has 0 saturated carbocycles. The van der Waals surface area contributed by atoms with Gasteiger partial charge in [-0.15, -0.1) is 0 Å². The number of aryl methyl sites for hydroxylation is 1. The molecule has 0 atom stereocenters. The highest BCUT2D eigenvalue weighted by Gasteiger charge is 2.12. The first-order valence-electron chi connectivity index (χ1n) is 6.80. The van der Waals surface area contributed by atoms with E-state index in [1.165, 1.54) is 0 Å². The van der Waals surface area contributed by atoms with Gasteiger partial charge in [0.25, 0.3) is 0 Å². The molecule has 0 aliphatic rings. The van der Waals surface area contributed by atoms with Gasteiger partial charge < -0.3 is 11.5 Å². The summed E-state index contributed by atoms with van der Waals surface area (Å²) in [4.78, 5) is 8.45. The van der Waals surface area contributed by atoms with Crippen LogP contribution in [0.25, 0.3) is 0 Å². The van der Waals surface area contributed by atoms with Crippen LogP contribution < -0.4 is 11.5 Å². The molecule has 4 nitrogen and oxygen atoms in total. The van der Waals surface area contributed by atoms with Crippen molar-refractivity contribution in [2.75, 3.05) is 11.5 Å². The Labute approximate surface area is 110 Å². The highest BCUT2D eigenvalue weighted by molar-refractivity contribution is 5.46. The molecule has 18 heavy (non-hydrogen) atoms. The third-order valence-electron chi connectivity index (χ3n) is 3.07. The van der Waals surface area contributed by atoms with Gasteiger partial charge in [0.15, 0.2) is 0 Å². The van der Waals surface area contributed by atoms with E-state index in [4.69, 9.17) is 11.5 Å². The topological polar surface area (TPSA) is 77.8 Å². The van der Waals surface area contributed by atoms with Gasteiger partial charge in [0.05, 0.1) is 5.69 Å². The van der Waals surface area contributed by atoms with Gasteiger partial charge in [-0.25, -0.2) is 4.98 Å². The normalized spacial score (nSPS) is 11.4. The monoisotopic (exact) mass is 250 g/mol. The molecule has 0 bridgehead atoms. The third kappa shape index (κ3) is 4.51. The van der Waals surface area contributed by atoms with Crippen LogP contribution in [0, 0.1) is 11.8 Å². The van der Waals surface area contributed by atoms with E-state index in [1.54, 1.807) is 0 Å². The first kappa shape index (κ1) is 14.7. The molecule has 0 radical (unpaired) electrons. The molecule has 102 valence electrons. The quantitative estimate of drug-likeness (QED) is 0.813. The molecule has 4 heteroatoms. The number of nitrogens with zero attached hydrogens (tertiary/aromatic N) is 2. The molecule has 0 saturated heterocycles. The Bertz CT molecular complexity index is 386. The van der Waals surface area contributed by atoms with E-state index in [9.17, 15) is 0 Å². The minimum Gasteiger partial charge on any atom is -0.383 e. The van der Waals surface area contributed by atoms with Crippen molar-refractivity contribution in [1.82, 2.24) is 9.97 Å². The minimum absolute atomic E-state index is 0.291. The number of aromatic nitrogens is 2. The van der Waals surface area contributed by atoms with Crippen molar-refractivity contribution in [3.63, 3.8) is 0 Å². The summed E-state index contributed by atoms with van der Waals surface area (Å²) in [6.45, 7) is 8.84. The third-order valence-corrected chi connectivity index (χ3v) is 3.07. The van der Waals surface area contributed by atoms with Gasteiger partial charge in [-0.3, -0.25) is 0 Å². The van der Waals surface area contributed by atoms with Crippen LogP contribution in [-0.4, -0.2) is 9.97 Å². The van der Waals surface area contributed by atoms with Crippen molar-refractivity contribution in [2.24, 2.45) is 11.8 Å². The van der Waals surface area contributed by atoms with Crippen molar-refractivity contribution >= 4 is 11.8 Å². The fraction of sp³-hybridized carbons (Fsp3) is 0.714. The van der Waals surface area contributed by atoms with Crippen molar-refractivity contribution in [1.29, 1.82) is 0 Å². The molecule has 0 fully saturated rings. The molecule has 0 aliphatic heterocycles. The second-order valence-corrected chi connectivity index (χ2v) is 5.76. The van der Waals surface area contributed by atoms with Crippen LogP contribution in [0.4, 0.5) is 11.8 Å². The van der Waals surface area contributed by atoms with Crippen molar-refractivity contribution in [3.8, 4) is 0 Å². The van der Waals surface area contributed by atoms with Gasteiger partial charge >= 0.3 is 0 Å². The smallest absolute Gasteiger partial charge is 0.222 e. The molecule has 1 heterocycles. The maximum atomic E-state index is 5.98. The summed E-state index contributed by atoms with van der Waals surface area (Å²) < 4.78 is 0. The predicted molar refractivity (Wildman–Crippen MR) is 77.2 cm³/mol. The van der Waals surface area contributed by atoms with Gasteiger partial charge in [0, 0.05) is 5.56 Å². The van der Waals surface area contributed by atoms with Crippen LogP contribution in [0.5, 0.6) is 0 Å². The van der Waals surface area contributed by atoms with Crippen molar-refractivity contribution in [3.05, 3.63) is 11.3 Å². The molecule has 0 spiro atoms. The van der Waals surface area contributed by atoms with E-state index in [0.717, 1.165) is 36.9 Å². The van der Waals surface area contributed by atoms with Gasteiger partial charge in [0.2, 0.25) is 5.95 Å². The first-order valence-corrected chi connectivity index (χ1v) is 6.80. The van der Waals surface area contributed by atoms with Gasteiger partial charge in [-0.05, 0) is 37.5 Å². The number of rotatable bonds is 6. The Morgan fingerprint density at radius 3 is 2.00 bits per heavy atom. The molecule has 0 amide bonds. The molecule has 0 aromatic carbocycles. The van der Waals surface area contributed by atoms with E-state index in [0.29, 0.717) is 23.6 Å². The van der Waals surface area contributed by atoms with Crippen molar-refractivity contribution in [2.45, 2.75) is 53.4 Å². The lowest BCUT2D eigenvalue weighted by atomic mass is 9.98. The lowest BCUT2D eigenvalue weighted by molar-refractivity contribution is 0.565. The highest BCUT2D eigenvalue weighted by atomic mass is 15.0. The minimum atomic E-state index is 0.291. The van der Waals surface area contributed by atoms with E-state index < -0.39 is 0 Å². The molecule has 1 aromatic heterocycles. The zero-order chi connectivity index (χ0) is 13.7. The predicted octanol–water partition coefficient (Wildman–Crippen LogP) is 2.82. The number of hydrogen-bond acceptors (Lipinski definition) is 4. The Kier molecular flexibility index (Phi) is 5.38. The largest absolute Gasteiger partial charge is 0.383 e. The van der Waals surface area contributed by atoms with Gasteiger partial charge in [-0.2, -0.15) is 4.98 Å². The zero-order valence-electron chi connectivity index (χ0n) is 12.0. The van der Waals surface area contributed by atoms with Crippen LogP contribution in [0.15, 0.2) is 0 Å². The molecule has 1 aromatic rings. The van der Waals surface area contributed by atoms with E-state index in [1.807, 2.05) is 0 Å². The van der Waals surface area contributed by atoms with Crippen LogP contribution in [0.2, 0.25) is 0 Å². The number of nitrogens with two attached hydrogens (primary N) is 2. The summed E-state index contributed by atoms with van der Waals surface area (Å²) in [5, 5.41) is 0. The summed E-state index contributed by atoms with van der Waals surface area (Å²) in [5.41, 5.74) is 13.8. The lowest BCUT2D eigenvalue weighted by Gasteiger charge is -2.13. The molecular weight excluding hydrogens is 224 g/mol. The van der Waals surface area contributed by atoms with E-state index in [2.05, 4.69) is 37.7 Å². The van der Waals surface area contributed by atoms with E-state index in [-0.39, 0.29) is 0 Å². The summed E-state index contributed by atoms with van der Waals surface area (Å²) in [7, 11) is 0. The average Bonchev–Trinajstić information content (AvgIpc) is 2.24. The summed E-state index contributed by atoms with van der Waals surface area (Å²) >= 11 is 0. The fourth-order valence-corrected chi connectivity index (χ4v) is 1.91. The second kappa shape index (κ2) is 6.57. The molecule has 0 unspecified atom stereocenters. The summed E-state index contributed by atoms with van der Waals surface area (Å²) in [6, 6.07) is 0. The zero-order valence-corrected chi connectivity index (χ0v) is 12.0. The maximum absolute atomic E-state index is 5.98. The molecular formula is C14H26N4. The van der Waals surface area contributed by atoms with Crippen LogP contribution in [-0.2, 0) is 12.8 Å². The van der Waals surface area contributed by atoms with Crippen LogP contribution in [0.3, 0.4) is 0 Å². The summed E-state index contributed by atoms with van der Waals surface area (Å²) in [5.74, 6) is 2.15. The van der Waals surface area contributed by atoms with Crippen molar-refractivity contribution < 1.29 is 0 Å². The molecule has 4 N–H and O–H groups in total. The fourth-order valence-electron chi connectivity index (χ4n) is 1.91. The number of hydrogen-bond donors (Lipinski definition) is 2. The van der Waals surface area contributed by atoms with Gasteiger partial charge in [-0.1, -0.05) is 27.7 Å². The standard InChI is InChI=1S/C14H26N4/c1-9(2)5-7-11-12(8-6-10(3)4)17-14(16)18-13(11)15/h9-10H,5-8H2,1-4H3,(H4,15,16,17,18). The SMILES string of the molecule is CC(C)CCc1nc(N)nc(N)c1CCC(C)C. The summed E-state index contributed by atoms with van der Waals surface area (Å²) in [6.07, 6.45) is 4.08. The maximum Gasteiger partial charge on any atom is 0.222 e. The van der Waals surface area contributed by atoms with Gasteiger partial charge in [0.1, 0.15) is 5.82 Å². The van der Waals surface area contributed by atoms with Crippen LogP contribution >= 0.6 is 0 Å². The Balaban J connectivity index is 2.89. The second-order valence-electron chi connectivity index (χ2n) is 5.76. The lowest BCUT2D eigenvalue weighted by Crippen LogP contribution is -2.11. The van der Waals surface area contributed by atoms with Crippen LogP contribution in [0.1, 0.15) is 51.8 Å². The van der Waals surface area contributed by atoms with E-state index >= 15 is 0 Å². The highest BCUT2D eigenvalue weighted by Crippen LogP contribution is 2.21. The Morgan fingerprint density at radius 2 is 1.44 bits per heavy atom. The molecule has 0 aliphatic carbocycles. The Hall–Kier alpha value is -1.32. The number of anilines is 2.